The van der Waals surface area contributed by atoms with Crippen molar-refractivity contribution in [1.29, 1.82) is 0 Å². The van der Waals surface area contributed by atoms with Crippen molar-refractivity contribution in [2.24, 2.45) is 5.16 Å². The summed E-state index contributed by atoms with van der Waals surface area (Å²) in [5.74, 6) is 0.641. The molecule has 0 aliphatic rings. The van der Waals surface area contributed by atoms with E-state index in [1.54, 1.807) is 14.0 Å². The standard InChI is InChI=1S/C16H16FNO3/c1-11(18-19)15-7-6-13(17)9-16(15)21-10-12-4-3-5-14(8-12)20-2/h3-9,19H,10H2,1-2H3. The number of hydrogen-bond acceptors (Lipinski definition) is 4. The molecule has 0 fully saturated rings. The van der Waals surface area contributed by atoms with Gasteiger partial charge < -0.3 is 14.7 Å². The molecule has 0 aromatic heterocycles. The highest BCUT2D eigenvalue weighted by molar-refractivity contribution is 6.00. The number of benzene rings is 2. The molecule has 0 aliphatic heterocycles. The Kier molecular flexibility index (Phi) is 4.77. The lowest BCUT2D eigenvalue weighted by atomic mass is 10.1. The van der Waals surface area contributed by atoms with Gasteiger partial charge in [0.2, 0.25) is 0 Å². The average Bonchev–Trinajstić information content (AvgIpc) is 2.52. The zero-order valence-electron chi connectivity index (χ0n) is 11.8. The number of hydrogen-bond donors (Lipinski definition) is 1. The van der Waals surface area contributed by atoms with Crippen molar-refractivity contribution in [2.45, 2.75) is 13.5 Å². The van der Waals surface area contributed by atoms with E-state index in [1.165, 1.54) is 18.2 Å². The van der Waals surface area contributed by atoms with Crippen LogP contribution in [0.3, 0.4) is 0 Å². The number of halogens is 1. The highest BCUT2D eigenvalue weighted by Crippen LogP contribution is 2.23. The van der Waals surface area contributed by atoms with E-state index in [4.69, 9.17) is 14.7 Å². The number of oxime groups is 1. The van der Waals surface area contributed by atoms with Gasteiger partial charge in [0, 0.05) is 11.6 Å². The van der Waals surface area contributed by atoms with Gasteiger partial charge in [0.25, 0.3) is 0 Å². The lowest BCUT2D eigenvalue weighted by molar-refractivity contribution is 0.301. The summed E-state index contributed by atoms with van der Waals surface area (Å²) >= 11 is 0. The molecule has 4 nitrogen and oxygen atoms in total. The first kappa shape index (κ1) is 14.8. The average molecular weight is 289 g/mol. The van der Waals surface area contributed by atoms with E-state index in [0.29, 0.717) is 17.0 Å². The van der Waals surface area contributed by atoms with Crippen LogP contribution in [0.15, 0.2) is 47.6 Å². The van der Waals surface area contributed by atoms with Crippen LogP contribution in [-0.4, -0.2) is 18.0 Å². The lowest BCUT2D eigenvalue weighted by Gasteiger charge is -2.11. The van der Waals surface area contributed by atoms with Crippen LogP contribution in [0, 0.1) is 5.82 Å². The SMILES string of the molecule is COc1cccc(COc2cc(F)ccc2C(C)=NO)c1. The predicted molar refractivity (Wildman–Crippen MR) is 77.7 cm³/mol. The van der Waals surface area contributed by atoms with E-state index in [-0.39, 0.29) is 6.61 Å². The Morgan fingerprint density at radius 1 is 1.24 bits per heavy atom. The third-order valence-electron chi connectivity index (χ3n) is 3.01. The fourth-order valence-electron chi connectivity index (χ4n) is 1.89. The third kappa shape index (κ3) is 3.72. The van der Waals surface area contributed by atoms with Crippen molar-refractivity contribution in [3.8, 4) is 11.5 Å². The van der Waals surface area contributed by atoms with Gasteiger partial charge in [0.15, 0.2) is 0 Å². The van der Waals surface area contributed by atoms with Gasteiger partial charge in [-0.1, -0.05) is 17.3 Å². The molecule has 0 atom stereocenters. The number of nitrogens with zero attached hydrogens (tertiary/aromatic N) is 1. The van der Waals surface area contributed by atoms with E-state index in [0.717, 1.165) is 11.3 Å². The number of ether oxygens (including phenoxy) is 2. The first-order chi connectivity index (χ1) is 10.1. The van der Waals surface area contributed by atoms with Crippen molar-refractivity contribution in [3.63, 3.8) is 0 Å². The van der Waals surface area contributed by atoms with Gasteiger partial charge in [-0.25, -0.2) is 4.39 Å². The Morgan fingerprint density at radius 2 is 2.05 bits per heavy atom. The van der Waals surface area contributed by atoms with Crippen molar-refractivity contribution in [3.05, 3.63) is 59.4 Å². The highest BCUT2D eigenvalue weighted by Gasteiger charge is 2.09. The van der Waals surface area contributed by atoms with E-state index in [9.17, 15) is 4.39 Å². The molecule has 0 amide bonds. The van der Waals surface area contributed by atoms with Crippen LogP contribution in [0.1, 0.15) is 18.1 Å². The second-order valence-corrected chi connectivity index (χ2v) is 4.47. The summed E-state index contributed by atoms with van der Waals surface area (Å²) in [6.07, 6.45) is 0. The molecular formula is C16H16FNO3. The van der Waals surface area contributed by atoms with Gasteiger partial charge in [-0.15, -0.1) is 0 Å². The fourth-order valence-corrected chi connectivity index (χ4v) is 1.89. The summed E-state index contributed by atoms with van der Waals surface area (Å²) < 4.78 is 24.1. The summed E-state index contributed by atoms with van der Waals surface area (Å²) in [5, 5.41) is 12.0. The first-order valence-corrected chi connectivity index (χ1v) is 6.38. The highest BCUT2D eigenvalue weighted by atomic mass is 19.1. The van der Waals surface area contributed by atoms with E-state index >= 15 is 0 Å². The predicted octanol–water partition coefficient (Wildman–Crippen LogP) is 3.61. The van der Waals surface area contributed by atoms with Crippen LogP contribution in [-0.2, 0) is 6.61 Å². The largest absolute Gasteiger partial charge is 0.497 e. The molecule has 2 aromatic carbocycles. The Labute approximate surface area is 122 Å². The molecule has 0 saturated heterocycles. The number of methoxy groups -OCH3 is 1. The number of rotatable bonds is 5. The summed E-state index contributed by atoms with van der Waals surface area (Å²) in [7, 11) is 1.59. The first-order valence-electron chi connectivity index (χ1n) is 6.38. The maximum atomic E-state index is 13.4. The Balaban J connectivity index is 2.20. The quantitative estimate of drug-likeness (QED) is 0.519. The maximum absolute atomic E-state index is 13.4. The van der Waals surface area contributed by atoms with Crippen LogP contribution < -0.4 is 9.47 Å². The molecule has 1 N–H and O–H groups in total. The van der Waals surface area contributed by atoms with Crippen LogP contribution in [0.25, 0.3) is 0 Å². The minimum atomic E-state index is -0.412. The fraction of sp³-hybridized carbons (Fsp3) is 0.188. The van der Waals surface area contributed by atoms with Gasteiger partial charge in [-0.05, 0) is 36.8 Å². The molecule has 0 radical (unpaired) electrons. The monoisotopic (exact) mass is 289 g/mol. The molecule has 0 heterocycles. The third-order valence-corrected chi connectivity index (χ3v) is 3.01. The molecule has 0 saturated carbocycles. The van der Waals surface area contributed by atoms with E-state index in [1.807, 2.05) is 24.3 Å². The van der Waals surface area contributed by atoms with Gasteiger partial charge in [0.1, 0.15) is 23.9 Å². The smallest absolute Gasteiger partial charge is 0.131 e. The molecule has 0 aliphatic carbocycles. The van der Waals surface area contributed by atoms with Crippen molar-refractivity contribution >= 4 is 5.71 Å². The Bertz CT molecular complexity index is 656. The summed E-state index contributed by atoms with van der Waals surface area (Å²) in [4.78, 5) is 0. The molecular weight excluding hydrogens is 273 g/mol. The Hall–Kier alpha value is -2.56. The van der Waals surface area contributed by atoms with Gasteiger partial charge >= 0.3 is 0 Å². The minimum absolute atomic E-state index is 0.256. The Morgan fingerprint density at radius 3 is 2.76 bits per heavy atom. The molecule has 0 spiro atoms. The second kappa shape index (κ2) is 6.74. The van der Waals surface area contributed by atoms with Gasteiger partial charge in [-0.2, -0.15) is 0 Å². The zero-order chi connectivity index (χ0) is 15.2. The second-order valence-electron chi connectivity index (χ2n) is 4.47. The topological polar surface area (TPSA) is 51.0 Å². The lowest BCUT2D eigenvalue weighted by Crippen LogP contribution is -2.03. The maximum Gasteiger partial charge on any atom is 0.131 e. The van der Waals surface area contributed by atoms with E-state index < -0.39 is 5.82 Å². The van der Waals surface area contributed by atoms with Crippen molar-refractivity contribution in [1.82, 2.24) is 0 Å². The minimum Gasteiger partial charge on any atom is -0.497 e. The van der Waals surface area contributed by atoms with Crippen molar-refractivity contribution in [2.75, 3.05) is 7.11 Å². The van der Waals surface area contributed by atoms with Crippen LogP contribution >= 0.6 is 0 Å². The van der Waals surface area contributed by atoms with E-state index in [2.05, 4.69) is 5.16 Å². The molecule has 0 bridgehead atoms. The zero-order valence-corrected chi connectivity index (χ0v) is 11.8. The molecule has 0 unspecified atom stereocenters. The van der Waals surface area contributed by atoms with Crippen molar-refractivity contribution < 1.29 is 19.1 Å². The summed E-state index contributed by atoms with van der Waals surface area (Å²) in [6.45, 7) is 1.87. The molecule has 5 heteroatoms. The summed E-state index contributed by atoms with van der Waals surface area (Å²) in [6, 6.07) is 11.5. The van der Waals surface area contributed by atoms with Crippen LogP contribution in [0.5, 0.6) is 11.5 Å². The van der Waals surface area contributed by atoms with Gasteiger partial charge in [0.05, 0.1) is 12.8 Å². The van der Waals surface area contributed by atoms with Crippen LogP contribution in [0.2, 0.25) is 0 Å². The van der Waals surface area contributed by atoms with Gasteiger partial charge in [-0.3, -0.25) is 0 Å². The van der Waals surface area contributed by atoms with Crippen LogP contribution in [0.4, 0.5) is 4.39 Å². The molecule has 21 heavy (non-hydrogen) atoms. The summed E-state index contributed by atoms with van der Waals surface area (Å²) in [5.41, 5.74) is 1.79. The molecule has 110 valence electrons. The molecule has 2 aromatic rings. The normalized spacial score (nSPS) is 11.3. The molecule has 2 rings (SSSR count).